The first-order chi connectivity index (χ1) is 9.97. The molecule has 0 aliphatic rings. The minimum Gasteiger partial charge on any atom is -0.497 e. The van der Waals surface area contributed by atoms with Crippen molar-refractivity contribution < 1.29 is 13.9 Å². The van der Waals surface area contributed by atoms with Gasteiger partial charge in [-0.3, -0.25) is 0 Å². The summed E-state index contributed by atoms with van der Waals surface area (Å²) in [6, 6.07) is 8.18. The molecule has 1 unspecified atom stereocenters. The molecule has 4 heteroatoms. The summed E-state index contributed by atoms with van der Waals surface area (Å²) >= 11 is 0. The molecular formula is C17H20FNO2. The standard InChI is InChI=1S/C17H20FNO2/c1-10-7-11(2)16(14(18)8-10)17(19)13-6-5-12(20-3)9-15(13)21-4/h5-9,17H,19H2,1-4H3. The molecule has 112 valence electrons. The van der Waals surface area contributed by atoms with Gasteiger partial charge in [-0.1, -0.05) is 6.07 Å². The number of ether oxygens (including phenoxy) is 2. The summed E-state index contributed by atoms with van der Waals surface area (Å²) in [5.41, 5.74) is 9.20. The van der Waals surface area contributed by atoms with Gasteiger partial charge in [0.1, 0.15) is 17.3 Å². The van der Waals surface area contributed by atoms with Crippen molar-refractivity contribution >= 4 is 0 Å². The monoisotopic (exact) mass is 289 g/mol. The fourth-order valence-corrected chi connectivity index (χ4v) is 2.55. The topological polar surface area (TPSA) is 44.5 Å². The Balaban J connectivity index is 2.52. The third-order valence-electron chi connectivity index (χ3n) is 3.57. The molecule has 0 aliphatic carbocycles. The van der Waals surface area contributed by atoms with Gasteiger partial charge >= 0.3 is 0 Å². The maximum atomic E-state index is 14.3. The minimum atomic E-state index is -0.591. The Morgan fingerprint density at radius 1 is 1.05 bits per heavy atom. The van der Waals surface area contributed by atoms with Crippen LogP contribution in [0.1, 0.15) is 28.3 Å². The SMILES string of the molecule is COc1ccc(C(N)c2c(C)cc(C)cc2F)c(OC)c1. The summed E-state index contributed by atoms with van der Waals surface area (Å²) in [6.07, 6.45) is 0. The van der Waals surface area contributed by atoms with Gasteiger partial charge in [-0.2, -0.15) is 0 Å². The summed E-state index contributed by atoms with van der Waals surface area (Å²) < 4.78 is 24.8. The lowest BCUT2D eigenvalue weighted by Crippen LogP contribution is -2.16. The molecular weight excluding hydrogens is 269 g/mol. The van der Waals surface area contributed by atoms with Crippen molar-refractivity contribution in [3.8, 4) is 11.5 Å². The summed E-state index contributed by atoms with van der Waals surface area (Å²) in [5, 5.41) is 0. The summed E-state index contributed by atoms with van der Waals surface area (Å²) in [4.78, 5) is 0. The molecule has 1 atom stereocenters. The van der Waals surface area contributed by atoms with E-state index >= 15 is 0 Å². The third-order valence-corrected chi connectivity index (χ3v) is 3.57. The average Bonchev–Trinajstić information content (AvgIpc) is 2.45. The second-order valence-corrected chi connectivity index (χ2v) is 5.06. The van der Waals surface area contributed by atoms with Crippen molar-refractivity contribution in [1.82, 2.24) is 0 Å². The minimum absolute atomic E-state index is 0.294. The molecule has 0 heterocycles. The summed E-state index contributed by atoms with van der Waals surface area (Å²) in [6.45, 7) is 3.72. The Kier molecular flexibility index (Phi) is 4.48. The van der Waals surface area contributed by atoms with E-state index in [4.69, 9.17) is 15.2 Å². The van der Waals surface area contributed by atoms with E-state index < -0.39 is 6.04 Å². The molecule has 3 nitrogen and oxygen atoms in total. The molecule has 0 fully saturated rings. The highest BCUT2D eigenvalue weighted by Crippen LogP contribution is 2.34. The van der Waals surface area contributed by atoms with Crippen LogP contribution >= 0.6 is 0 Å². The molecule has 21 heavy (non-hydrogen) atoms. The Morgan fingerprint density at radius 2 is 1.76 bits per heavy atom. The van der Waals surface area contributed by atoms with Gasteiger partial charge < -0.3 is 15.2 Å². The van der Waals surface area contributed by atoms with E-state index in [1.807, 2.05) is 19.9 Å². The predicted molar refractivity (Wildman–Crippen MR) is 81.5 cm³/mol. The van der Waals surface area contributed by atoms with Crippen LogP contribution < -0.4 is 15.2 Å². The Morgan fingerprint density at radius 3 is 2.33 bits per heavy atom. The molecule has 0 radical (unpaired) electrons. The van der Waals surface area contributed by atoms with Crippen molar-refractivity contribution in [2.45, 2.75) is 19.9 Å². The van der Waals surface area contributed by atoms with Crippen LogP contribution in [0.25, 0.3) is 0 Å². The van der Waals surface area contributed by atoms with Gasteiger partial charge in [-0.15, -0.1) is 0 Å². The van der Waals surface area contributed by atoms with Crippen molar-refractivity contribution in [2.75, 3.05) is 14.2 Å². The first kappa shape index (κ1) is 15.3. The largest absolute Gasteiger partial charge is 0.497 e. The number of aryl methyl sites for hydroxylation is 2. The molecule has 2 rings (SSSR count). The normalized spacial score (nSPS) is 12.1. The molecule has 2 aromatic rings. The molecule has 0 saturated carbocycles. The zero-order valence-corrected chi connectivity index (χ0v) is 12.7. The van der Waals surface area contributed by atoms with Crippen LogP contribution in [-0.4, -0.2) is 14.2 Å². The number of hydrogen-bond acceptors (Lipinski definition) is 3. The Bertz CT molecular complexity index is 632. The van der Waals surface area contributed by atoms with E-state index in [1.165, 1.54) is 6.07 Å². The second kappa shape index (κ2) is 6.14. The number of benzene rings is 2. The van der Waals surface area contributed by atoms with E-state index in [-0.39, 0.29) is 5.82 Å². The van der Waals surface area contributed by atoms with Gasteiger partial charge in [0.15, 0.2) is 0 Å². The van der Waals surface area contributed by atoms with Gasteiger partial charge in [0.05, 0.1) is 20.3 Å². The molecule has 0 amide bonds. The number of nitrogens with two attached hydrogens (primary N) is 1. The van der Waals surface area contributed by atoms with Gasteiger partial charge in [0.25, 0.3) is 0 Å². The number of methoxy groups -OCH3 is 2. The van der Waals surface area contributed by atoms with E-state index in [1.54, 1.807) is 32.4 Å². The Labute approximate surface area is 124 Å². The molecule has 2 N–H and O–H groups in total. The van der Waals surface area contributed by atoms with Crippen LogP contribution in [0.5, 0.6) is 11.5 Å². The fourth-order valence-electron chi connectivity index (χ4n) is 2.55. The van der Waals surface area contributed by atoms with Crippen molar-refractivity contribution in [2.24, 2.45) is 5.73 Å². The van der Waals surface area contributed by atoms with E-state index in [0.717, 1.165) is 16.7 Å². The van der Waals surface area contributed by atoms with E-state index in [9.17, 15) is 4.39 Å². The van der Waals surface area contributed by atoms with Gasteiger partial charge in [-0.05, 0) is 43.2 Å². The summed E-state index contributed by atoms with van der Waals surface area (Å²) in [7, 11) is 3.14. The predicted octanol–water partition coefficient (Wildman–Crippen LogP) is 3.51. The highest BCUT2D eigenvalue weighted by atomic mass is 19.1. The van der Waals surface area contributed by atoms with Crippen LogP contribution in [0.4, 0.5) is 4.39 Å². The highest BCUT2D eigenvalue weighted by molar-refractivity contribution is 5.48. The fraction of sp³-hybridized carbons (Fsp3) is 0.294. The Hall–Kier alpha value is -2.07. The zero-order chi connectivity index (χ0) is 15.6. The van der Waals surface area contributed by atoms with Gasteiger partial charge in [0, 0.05) is 17.2 Å². The zero-order valence-electron chi connectivity index (χ0n) is 12.7. The van der Waals surface area contributed by atoms with Crippen LogP contribution in [0.2, 0.25) is 0 Å². The van der Waals surface area contributed by atoms with Crippen LogP contribution in [0, 0.1) is 19.7 Å². The summed E-state index contributed by atoms with van der Waals surface area (Å²) in [5.74, 6) is 0.961. The van der Waals surface area contributed by atoms with Crippen molar-refractivity contribution in [3.05, 3.63) is 58.4 Å². The molecule has 0 aliphatic heterocycles. The van der Waals surface area contributed by atoms with Gasteiger partial charge in [-0.25, -0.2) is 4.39 Å². The quantitative estimate of drug-likeness (QED) is 0.936. The smallest absolute Gasteiger partial charge is 0.128 e. The maximum Gasteiger partial charge on any atom is 0.128 e. The average molecular weight is 289 g/mol. The second-order valence-electron chi connectivity index (χ2n) is 5.06. The molecule has 0 bridgehead atoms. The molecule has 0 saturated heterocycles. The highest BCUT2D eigenvalue weighted by Gasteiger charge is 2.20. The van der Waals surface area contributed by atoms with Crippen molar-refractivity contribution in [1.29, 1.82) is 0 Å². The first-order valence-corrected chi connectivity index (χ1v) is 6.72. The number of hydrogen-bond donors (Lipinski definition) is 1. The lowest BCUT2D eigenvalue weighted by Gasteiger charge is -2.19. The molecule has 2 aromatic carbocycles. The van der Waals surface area contributed by atoms with Crippen LogP contribution in [0.3, 0.4) is 0 Å². The van der Waals surface area contributed by atoms with E-state index in [2.05, 4.69) is 0 Å². The van der Waals surface area contributed by atoms with Crippen molar-refractivity contribution in [3.63, 3.8) is 0 Å². The lowest BCUT2D eigenvalue weighted by molar-refractivity contribution is 0.389. The van der Waals surface area contributed by atoms with E-state index in [0.29, 0.717) is 17.1 Å². The molecule has 0 spiro atoms. The van der Waals surface area contributed by atoms with Crippen LogP contribution in [-0.2, 0) is 0 Å². The van der Waals surface area contributed by atoms with Crippen LogP contribution in [0.15, 0.2) is 30.3 Å². The first-order valence-electron chi connectivity index (χ1n) is 6.72. The number of halogens is 1. The maximum absolute atomic E-state index is 14.3. The lowest BCUT2D eigenvalue weighted by atomic mass is 9.93. The third kappa shape index (κ3) is 3.00. The van der Waals surface area contributed by atoms with Gasteiger partial charge in [0.2, 0.25) is 0 Å². The molecule has 0 aromatic heterocycles. The number of rotatable bonds is 4.